The van der Waals surface area contributed by atoms with Gasteiger partial charge in [-0.2, -0.15) is 0 Å². The van der Waals surface area contributed by atoms with Gasteiger partial charge in [0.15, 0.2) is 8.32 Å². The van der Waals surface area contributed by atoms with Crippen molar-refractivity contribution < 1.29 is 14.0 Å². The molecule has 0 unspecified atom stereocenters. The molecule has 0 saturated heterocycles. The highest BCUT2D eigenvalue weighted by atomic mass is 28.4. The van der Waals surface area contributed by atoms with Crippen molar-refractivity contribution >= 4 is 14.3 Å². The van der Waals surface area contributed by atoms with Gasteiger partial charge in [-0.05, 0) is 38.5 Å². The average Bonchev–Trinajstić information content (AvgIpc) is 2.34. The highest BCUT2D eigenvalue weighted by molar-refractivity contribution is 6.69. The van der Waals surface area contributed by atoms with E-state index in [1.807, 2.05) is 25.1 Å². The smallest absolute Gasteiger partial charge is 0.305 e. The van der Waals surface area contributed by atoms with Gasteiger partial charge < -0.3 is 9.16 Å². The lowest BCUT2D eigenvalue weighted by Crippen LogP contribution is -2.28. The molecule has 0 aliphatic heterocycles. The third-order valence-electron chi connectivity index (χ3n) is 2.58. The molecule has 0 aliphatic carbocycles. The Morgan fingerprint density at radius 3 is 2.37 bits per heavy atom. The molecule has 0 fully saturated rings. The molecule has 0 amide bonds. The summed E-state index contributed by atoms with van der Waals surface area (Å²) in [7, 11) is -1.65. The first-order valence-corrected chi connectivity index (χ1v) is 10.2. The SMILES string of the molecule is CCOC(=O)CC[C@@H](O[Si](C)(C)C)c1ccccc1. The zero-order valence-electron chi connectivity index (χ0n) is 12.3. The van der Waals surface area contributed by atoms with Crippen molar-refractivity contribution in [1.82, 2.24) is 0 Å². The van der Waals surface area contributed by atoms with E-state index in [-0.39, 0.29) is 12.1 Å². The fourth-order valence-corrected chi connectivity index (χ4v) is 2.98. The molecule has 1 rings (SSSR count). The van der Waals surface area contributed by atoms with Crippen LogP contribution in [0.1, 0.15) is 31.4 Å². The van der Waals surface area contributed by atoms with Crippen LogP contribution in [0.5, 0.6) is 0 Å². The van der Waals surface area contributed by atoms with Crippen LogP contribution in [-0.2, 0) is 14.0 Å². The molecule has 0 aliphatic rings. The van der Waals surface area contributed by atoms with Gasteiger partial charge in [-0.15, -0.1) is 0 Å². The Kier molecular flexibility index (Phi) is 6.25. The van der Waals surface area contributed by atoms with E-state index in [4.69, 9.17) is 9.16 Å². The summed E-state index contributed by atoms with van der Waals surface area (Å²) in [4.78, 5) is 11.5. The Labute approximate surface area is 117 Å². The van der Waals surface area contributed by atoms with Gasteiger partial charge in [-0.1, -0.05) is 30.3 Å². The van der Waals surface area contributed by atoms with E-state index >= 15 is 0 Å². The quantitative estimate of drug-likeness (QED) is 0.561. The molecule has 19 heavy (non-hydrogen) atoms. The van der Waals surface area contributed by atoms with Crippen molar-refractivity contribution in [3.63, 3.8) is 0 Å². The Bertz CT molecular complexity index is 384. The van der Waals surface area contributed by atoms with Crippen LogP contribution in [0.25, 0.3) is 0 Å². The van der Waals surface area contributed by atoms with Crippen LogP contribution in [0.3, 0.4) is 0 Å². The van der Waals surface area contributed by atoms with Crippen LogP contribution >= 0.6 is 0 Å². The Morgan fingerprint density at radius 1 is 1.21 bits per heavy atom. The van der Waals surface area contributed by atoms with Gasteiger partial charge in [0.1, 0.15) is 0 Å². The minimum Gasteiger partial charge on any atom is -0.466 e. The lowest BCUT2D eigenvalue weighted by atomic mass is 10.1. The fourth-order valence-electron chi connectivity index (χ4n) is 1.87. The second-order valence-electron chi connectivity index (χ2n) is 5.47. The first-order chi connectivity index (χ1) is 8.92. The molecule has 0 aromatic heterocycles. The third kappa shape index (κ3) is 6.54. The second kappa shape index (κ2) is 7.45. The Hall–Kier alpha value is -1.13. The van der Waals surface area contributed by atoms with Crippen molar-refractivity contribution in [2.75, 3.05) is 6.61 Å². The number of hydrogen-bond donors (Lipinski definition) is 0. The highest BCUT2D eigenvalue weighted by Gasteiger charge is 2.23. The van der Waals surface area contributed by atoms with Gasteiger partial charge in [-0.3, -0.25) is 4.79 Å². The van der Waals surface area contributed by atoms with Gasteiger partial charge in [0.05, 0.1) is 12.7 Å². The molecule has 0 N–H and O–H groups in total. The first-order valence-electron chi connectivity index (χ1n) is 6.81. The molecular weight excluding hydrogens is 256 g/mol. The van der Waals surface area contributed by atoms with Crippen molar-refractivity contribution in [2.24, 2.45) is 0 Å². The summed E-state index contributed by atoms with van der Waals surface area (Å²) in [5.74, 6) is -0.150. The summed E-state index contributed by atoms with van der Waals surface area (Å²) in [5.41, 5.74) is 1.13. The van der Waals surface area contributed by atoms with Crippen LogP contribution in [0, 0.1) is 0 Å². The van der Waals surface area contributed by atoms with Gasteiger partial charge >= 0.3 is 5.97 Å². The summed E-state index contributed by atoms with van der Waals surface area (Å²) in [6.45, 7) is 8.74. The molecule has 0 bridgehead atoms. The number of benzene rings is 1. The Morgan fingerprint density at radius 2 is 1.84 bits per heavy atom. The fraction of sp³-hybridized carbons (Fsp3) is 0.533. The van der Waals surface area contributed by atoms with Crippen LogP contribution in [-0.4, -0.2) is 20.9 Å². The number of rotatable bonds is 7. The Balaban J connectivity index is 2.68. The van der Waals surface area contributed by atoms with E-state index in [0.29, 0.717) is 19.4 Å². The number of carbonyl (C=O) groups is 1. The molecule has 106 valence electrons. The lowest BCUT2D eigenvalue weighted by Gasteiger charge is -2.26. The molecule has 0 heterocycles. The number of hydrogen-bond acceptors (Lipinski definition) is 3. The normalized spacial score (nSPS) is 13.1. The summed E-state index contributed by atoms with van der Waals surface area (Å²) in [6, 6.07) is 10.1. The van der Waals surface area contributed by atoms with Gasteiger partial charge in [0.25, 0.3) is 0 Å². The van der Waals surface area contributed by atoms with Crippen LogP contribution < -0.4 is 0 Å². The zero-order valence-corrected chi connectivity index (χ0v) is 13.3. The molecule has 0 spiro atoms. The molecule has 1 aromatic carbocycles. The summed E-state index contributed by atoms with van der Waals surface area (Å²) in [5, 5.41) is 0. The predicted molar refractivity (Wildman–Crippen MR) is 79.5 cm³/mol. The molecule has 0 radical (unpaired) electrons. The first kappa shape index (κ1) is 15.9. The molecular formula is C15H24O3Si. The van der Waals surface area contributed by atoms with Crippen LogP contribution in [0.2, 0.25) is 19.6 Å². The zero-order chi connectivity index (χ0) is 14.3. The predicted octanol–water partition coefficient (Wildman–Crippen LogP) is 3.92. The molecule has 1 aromatic rings. The number of ether oxygens (including phenoxy) is 1. The molecule has 1 atom stereocenters. The van der Waals surface area contributed by atoms with Crippen molar-refractivity contribution in [3.8, 4) is 0 Å². The molecule has 4 heteroatoms. The summed E-state index contributed by atoms with van der Waals surface area (Å²) in [6.07, 6.45) is 1.06. The molecule has 0 saturated carbocycles. The highest BCUT2D eigenvalue weighted by Crippen LogP contribution is 2.26. The van der Waals surface area contributed by atoms with Crippen LogP contribution in [0.4, 0.5) is 0 Å². The van der Waals surface area contributed by atoms with E-state index in [9.17, 15) is 4.79 Å². The van der Waals surface area contributed by atoms with Gasteiger partial charge in [0, 0.05) is 6.42 Å². The van der Waals surface area contributed by atoms with E-state index < -0.39 is 8.32 Å². The van der Waals surface area contributed by atoms with Crippen molar-refractivity contribution in [2.45, 2.75) is 45.5 Å². The maximum Gasteiger partial charge on any atom is 0.305 e. The lowest BCUT2D eigenvalue weighted by molar-refractivity contribution is -0.143. The topological polar surface area (TPSA) is 35.5 Å². The van der Waals surface area contributed by atoms with E-state index in [0.717, 1.165) is 5.56 Å². The van der Waals surface area contributed by atoms with E-state index in [2.05, 4.69) is 31.8 Å². The maximum atomic E-state index is 11.5. The standard InChI is InChI=1S/C15H24O3Si/c1-5-17-15(16)12-11-14(18-19(2,3)4)13-9-7-6-8-10-13/h6-10,14H,5,11-12H2,1-4H3/t14-/m1/s1. The second-order valence-corrected chi connectivity index (χ2v) is 9.93. The minimum atomic E-state index is -1.65. The van der Waals surface area contributed by atoms with Crippen molar-refractivity contribution in [1.29, 1.82) is 0 Å². The number of carbonyl (C=O) groups excluding carboxylic acids is 1. The summed E-state index contributed by atoms with van der Waals surface area (Å²) < 4.78 is 11.2. The third-order valence-corrected chi connectivity index (χ3v) is 3.57. The van der Waals surface area contributed by atoms with Crippen molar-refractivity contribution in [3.05, 3.63) is 35.9 Å². The summed E-state index contributed by atoms with van der Waals surface area (Å²) >= 11 is 0. The monoisotopic (exact) mass is 280 g/mol. The maximum absolute atomic E-state index is 11.5. The average molecular weight is 280 g/mol. The largest absolute Gasteiger partial charge is 0.466 e. The van der Waals surface area contributed by atoms with E-state index in [1.165, 1.54) is 0 Å². The van der Waals surface area contributed by atoms with Gasteiger partial charge in [0.2, 0.25) is 0 Å². The molecule has 3 nitrogen and oxygen atoms in total. The number of esters is 1. The van der Waals surface area contributed by atoms with Gasteiger partial charge in [-0.25, -0.2) is 0 Å². The van der Waals surface area contributed by atoms with Crippen LogP contribution in [0.15, 0.2) is 30.3 Å². The van der Waals surface area contributed by atoms with E-state index in [1.54, 1.807) is 0 Å². The minimum absolute atomic E-state index is 0.0164.